The molecule has 0 fully saturated rings. The summed E-state index contributed by atoms with van der Waals surface area (Å²) >= 11 is 1.36. The summed E-state index contributed by atoms with van der Waals surface area (Å²) in [6.07, 6.45) is 0. The standard InChI is InChI=1S/C11H13N3OS/c1-7-4-8(2)14-11(10(7)5-12)16-6-13-9(3)15/h4H,6H2,1-3H3,(H,13,15). The Labute approximate surface area is 99.1 Å². The van der Waals surface area contributed by atoms with Crippen molar-refractivity contribution in [2.45, 2.75) is 25.8 Å². The SMILES string of the molecule is CC(=O)NCSc1nc(C)cc(C)c1C#N. The monoisotopic (exact) mass is 235 g/mol. The van der Waals surface area contributed by atoms with E-state index in [1.807, 2.05) is 19.9 Å². The lowest BCUT2D eigenvalue weighted by Gasteiger charge is -2.07. The predicted molar refractivity (Wildman–Crippen MR) is 63.0 cm³/mol. The molecule has 1 N–H and O–H groups in total. The Morgan fingerprint density at radius 2 is 2.31 bits per heavy atom. The van der Waals surface area contributed by atoms with E-state index in [4.69, 9.17) is 5.26 Å². The Morgan fingerprint density at radius 1 is 1.62 bits per heavy atom. The molecular weight excluding hydrogens is 222 g/mol. The van der Waals surface area contributed by atoms with Crippen LogP contribution in [0.15, 0.2) is 11.1 Å². The Morgan fingerprint density at radius 3 is 2.88 bits per heavy atom. The van der Waals surface area contributed by atoms with Crippen LogP contribution in [0.25, 0.3) is 0 Å². The first-order chi connectivity index (χ1) is 7.54. The maximum Gasteiger partial charge on any atom is 0.217 e. The summed E-state index contributed by atoms with van der Waals surface area (Å²) in [4.78, 5) is 15.0. The fourth-order valence-electron chi connectivity index (χ4n) is 1.25. The van der Waals surface area contributed by atoms with Gasteiger partial charge < -0.3 is 5.32 Å². The van der Waals surface area contributed by atoms with Crippen LogP contribution >= 0.6 is 11.8 Å². The summed E-state index contributed by atoms with van der Waals surface area (Å²) in [5, 5.41) is 12.3. The van der Waals surface area contributed by atoms with Crippen LogP contribution in [0.1, 0.15) is 23.7 Å². The number of hydrogen-bond acceptors (Lipinski definition) is 4. The number of thioether (sulfide) groups is 1. The lowest BCUT2D eigenvalue weighted by Crippen LogP contribution is -2.18. The van der Waals surface area contributed by atoms with Crippen LogP contribution in [0.3, 0.4) is 0 Å². The highest BCUT2D eigenvalue weighted by atomic mass is 32.2. The first kappa shape index (κ1) is 12.5. The van der Waals surface area contributed by atoms with Crippen LogP contribution in [0.4, 0.5) is 0 Å². The van der Waals surface area contributed by atoms with Gasteiger partial charge in [0.15, 0.2) is 0 Å². The molecule has 0 spiro atoms. The number of carbonyl (C=O) groups is 1. The lowest BCUT2D eigenvalue weighted by molar-refractivity contribution is -0.118. The van der Waals surface area contributed by atoms with E-state index in [2.05, 4.69) is 16.4 Å². The third-order valence-corrected chi connectivity index (χ3v) is 2.81. The zero-order chi connectivity index (χ0) is 12.1. The minimum Gasteiger partial charge on any atom is -0.347 e. The zero-order valence-corrected chi connectivity index (χ0v) is 10.3. The van der Waals surface area contributed by atoms with Gasteiger partial charge in [-0.25, -0.2) is 4.98 Å². The molecule has 1 amide bonds. The third-order valence-electron chi connectivity index (χ3n) is 1.95. The normalized spacial score (nSPS) is 9.62. The summed E-state index contributed by atoms with van der Waals surface area (Å²) < 4.78 is 0. The Bertz CT molecular complexity index is 451. The molecule has 0 aliphatic carbocycles. The van der Waals surface area contributed by atoms with Gasteiger partial charge in [-0.2, -0.15) is 5.26 Å². The Kier molecular flexibility index (Phi) is 4.32. The minimum absolute atomic E-state index is 0.0876. The molecule has 0 aliphatic heterocycles. The van der Waals surface area contributed by atoms with Crippen molar-refractivity contribution in [2.24, 2.45) is 0 Å². The smallest absolute Gasteiger partial charge is 0.217 e. The van der Waals surface area contributed by atoms with Gasteiger partial charge in [0.05, 0.1) is 11.4 Å². The second-order valence-corrected chi connectivity index (χ2v) is 4.36. The van der Waals surface area contributed by atoms with Crippen LogP contribution in [-0.4, -0.2) is 16.8 Å². The fourth-order valence-corrected chi connectivity index (χ4v) is 2.22. The first-order valence-corrected chi connectivity index (χ1v) is 5.78. The molecule has 0 saturated heterocycles. The van der Waals surface area contributed by atoms with Crippen LogP contribution in [-0.2, 0) is 4.79 Å². The molecule has 5 heteroatoms. The van der Waals surface area contributed by atoms with Crippen molar-refractivity contribution >= 4 is 17.7 Å². The Balaban J connectivity index is 2.86. The summed E-state index contributed by atoms with van der Waals surface area (Å²) in [5.74, 6) is 0.343. The highest BCUT2D eigenvalue weighted by Crippen LogP contribution is 2.22. The van der Waals surface area contributed by atoms with E-state index in [0.717, 1.165) is 11.3 Å². The number of aryl methyl sites for hydroxylation is 2. The number of carbonyl (C=O) groups excluding carboxylic acids is 1. The molecule has 1 heterocycles. The minimum atomic E-state index is -0.0876. The molecule has 0 atom stereocenters. The molecule has 16 heavy (non-hydrogen) atoms. The van der Waals surface area contributed by atoms with Gasteiger partial charge in [-0.15, -0.1) is 0 Å². The van der Waals surface area contributed by atoms with Gasteiger partial charge in [0, 0.05) is 12.6 Å². The van der Waals surface area contributed by atoms with Gasteiger partial charge in [-0.3, -0.25) is 4.79 Å². The third kappa shape index (κ3) is 3.24. The summed E-state index contributed by atoms with van der Waals surface area (Å²) in [6, 6.07) is 4.01. The number of amides is 1. The maximum absolute atomic E-state index is 10.7. The van der Waals surface area contributed by atoms with E-state index in [0.29, 0.717) is 16.5 Å². The van der Waals surface area contributed by atoms with Gasteiger partial charge >= 0.3 is 0 Å². The number of nitriles is 1. The second kappa shape index (κ2) is 5.52. The first-order valence-electron chi connectivity index (χ1n) is 4.80. The van der Waals surface area contributed by atoms with E-state index in [-0.39, 0.29) is 5.91 Å². The van der Waals surface area contributed by atoms with E-state index in [1.165, 1.54) is 18.7 Å². The molecule has 84 valence electrons. The average molecular weight is 235 g/mol. The predicted octanol–water partition coefficient (Wildman–Crippen LogP) is 1.76. The van der Waals surface area contributed by atoms with Crippen LogP contribution in [0, 0.1) is 25.2 Å². The van der Waals surface area contributed by atoms with Gasteiger partial charge in [-0.05, 0) is 25.5 Å². The number of hydrogen-bond donors (Lipinski definition) is 1. The molecule has 0 aliphatic rings. The van der Waals surface area contributed by atoms with E-state index in [9.17, 15) is 4.79 Å². The number of rotatable bonds is 3. The van der Waals surface area contributed by atoms with Crippen LogP contribution < -0.4 is 5.32 Å². The van der Waals surface area contributed by atoms with Crippen molar-refractivity contribution in [3.8, 4) is 6.07 Å². The molecule has 0 unspecified atom stereocenters. The fraction of sp³-hybridized carbons (Fsp3) is 0.364. The Hall–Kier alpha value is -1.54. The zero-order valence-electron chi connectivity index (χ0n) is 9.50. The molecule has 1 rings (SSSR count). The van der Waals surface area contributed by atoms with Crippen LogP contribution in [0.5, 0.6) is 0 Å². The summed E-state index contributed by atoms with van der Waals surface area (Å²) in [7, 11) is 0. The van der Waals surface area contributed by atoms with Crippen LogP contribution in [0.2, 0.25) is 0 Å². The van der Waals surface area contributed by atoms with Gasteiger partial charge in [0.1, 0.15) is 11.1 Å². The van der Waals surface area contributed by atoms with E-state index >= 15 is 0 Å². The maximum atomic E-state index is 10.7. The van der Waals surface area contributed by atoms with Gasteiger partial charge in [0.25, 0.3) is 0 Å². The molecular formula is C11H13N3OS. The van der Waals surface area contributed by atoms with Gasteiger partial charge in [-0.1, -0.05) is 11.8 Å². The molecule has 1 aromatic heterocycles. The van der Waals surface area contributed by atoms with Crippen molar-refractivity contribution in [1.82, 2.24) is 10.3 Å². The average Bonchev–Trinajstić information content (AvgIpc) is 2.16. The number of nitrogens with one attached hydrogen (secondary N) is 1. The second-order valence-electron chi connectivity index (χ2n) is 3.39. The highest BCUT2D eigenvalue weighted by molar-refractivity contribution is 7.99. The van der Waals surface area contributed by atoms with Crippen molar-refractivity contribution in [3.63, 3.8) is 0 Å². The largest absolute Gasteiger partial charge is 0.347 e. The van der Waals surface area contributed by atoms with Gasteiger partial charge in [0.2, 0.25) is 5.91 Å². The molecule has 4 nitrogen and oxygen atoms in total. The number of pyridine rings is 1. The van der Waals surface area contributed by atoms with Crippen molar-refractivity contribution in [2.75, 3.05) is 5.88 Å². The lowest BCUT2D eigenvalue weighted by atomic mass is 10.1. The molecule has 0 aromatic carbocycles. The van der Waals surface area contributed by atoms with E-state index < -0.39 is 0 Å². The molecule has 1 aromatic rings. The molecule has 0 saturated carbocycles. The summed E-state index contributed by atoms with van der Waals surface area (Å²) in [5.41, 5.74) is 2.38. The van der Waals surface area contributed by atoms with Crippen molar-refractivity contribution in [1.29, 1.82) is 5.26 Å². The molecule has 0 bridgehead atoms. The quantitative estimate of drug-likeness (QED) is 0.640. The number of aromatic nitrogens is 1. The molecule has 0 radical (unpaired) electrons. The van der Waals surface area contributed by atoms with E-state index in [1.54, 1.807) is 0 Å². The number of nitrogens with zero attached hydrogens (tertiary/aromatic N) is 2. The highest BCUT2D eigenvalue weighted by Gasteiger charge is 2.08. The van der Waals surface area contributed by atoms with Crippen molar-refractivity contribution < 1.29 is 4.79 Å². The summed E-state index contributed by atoms with van der Waals surface area (Å²) in [6.45, 7) is 5.23. The van der Waals surface area contributed by atoms with Crippen molar-refractivity contribution in [3.05, 3.63) is 22.9 Å². The topological polar surface area (TPSA) is 65.8 Å².